The first-order valence-electron chi connectivity index (χ1n) is 7.67. The Morgan fingerprint density at radius 2 is 1.87 bits per heavy atom. The highest BCUT2D eigenvalue weighted by atomic mass is 16.2. The zero-order valence-electron chi connectivity index (χ0n) is 13.0. The molecule has 2 heterocycles. The van der Waals surface area contributed by atoms with Crippen molar-refractivity contribution in [1.82, 2.24) is 14.9 Å². The molecule has 0 fully saturated rings. The van der Waals surface area contributed by atoms with E-state index in [1.165, 1.54) is 0 Å². The Morgan fingerprint density at radius 3 is 2.65 bits per heavy atom. The lowest BCUT2D eigenvalue weighted by molar-refractivity contribution is -0.117. The van der Waals surface area contributed by atoms with Crippen LogP contribution in [-0.2, 0) is 11.3 Å². The number of nitrogens with zero attached hydrogens (tertiary/aromatic N) is 1. The second-order valence-electron chi connectivity index (χ2n) is 5.53. The lowest BCUT2D eigenvalue weighted by atomic mass is 10.1. The summed E-state index contributed by atoms with van der Waals surface area (Å²) in [6.45, 7) is 3.10. The van der Waals surface area contributed by atoms with E-state index in [9.17, 15) is 9.59 Å². The third-order valence-corrected chi connectivity index (χ3v) is 3.87. The molecule has 0 spiro atoms. The van der Waals surface area contributed by atoms with Crippen LogP contribution in [0.25, 0.3) is 10.9 Å². The molecule has 0 saturated carbocycles. The van der Waals surface area contributed by atoms with Crippen LogP contribution < -0.4 is 5.32 Å². The van der Waals surface area contributed by atoms with Crippen molar-refractivity contribution in [3.63, 3.8) is 0 Å². The third-order valence-electron chi connectivity index (χ3n) is 3.87. The second kappa shape index (κ2) is 6.52. The zero-order valence-corrected chi connectivity index (χ0v) is 13.0. The molecule has 0 aliphatic carbocycles. The highest BCUT2D eigenvalue weighted by Crippen LogP contribution is 2.22. The Bertz CT molecular complexity index is 831. The molecular formula is C18H19N3O2. The van der Waals surface area contributed by atoms with Crippen LogP contribution in [0.2, 0.25) is 0 Å². The van der Waals surface area contributed by atoms with Crippen LogP contribution in [0.1, 0.15) is 22.5 Å². The first kappa shape index (κ1) is 15.1. The summed E-state index contributed by atoms with van der Waals surface area (Å²) in [7, 11) is 0. The number of aryl methyl sites for hydroxylation is 2. The molecule has 1 amide bonds. The zero-order chi connectivity index (χ0) is 16.2. The van der Waals surface area contributed by atoms with Gasteiger partial charge in [-0.25, -0.2) is 0 Å². The fourth-order valence-corrected chi connectivity index (χ4v) is 2.75. The number of ketones is 1. The van der Waals surface area contributed by atoms with Gasteiger partial charge < -0.3 is 14.9 Å². The van der Waals surface area contributed by atoms with Crippen molar-refractivity contribution < 1.29 is 9.59 Å². The number of benzene rings is 1. The molecule has 1 aromatic carbocycles. The number of aromatic nitrogens is 2. The third kappa shape index (κ3) is 3.18. The average molecular weight is 309 g/mol. The van der Waals surface area contributed by atoms with Gasteiger partial charge in [0.15, 0.2) is 0 Å². The predicted molar refractivity (Wildman–Crippen MR) is 89.4 cm³/mol. The summed E-state index contributed by atoms with van der Waals surface area (Å²) < 4.78 is 2.04. The Kier molecular flexibility index (Phi) is 4.28. The van der Waals surface area contributed by atoms with Gasteiger partial charge in [-0.15, -0.1) is 0 Å². The topological polar surface area (TPSA) is 66.9 Å². The van der Waals surface area contributed by atoms with Gasteiger partial charge in [-0.2, -0.15) is 0 Å². The molecule has 3 aromatic rings. The fourth-order valence-electron chi connectivity index (χ4n) is 2.75. The molecule has 0 radical (unpaired) electrons. The number of hydrogen-bond acceptors (Lipinski definition) is 2. The highest BCUT2D eigenvalue weighted by molar-refractivity contribution is 6.45. The van der Waals surface area contributed by atoms with Gasteiger partial charge in [0.25, 0.3) is 11.7 Å². The van der Waals surface area contributed by atoms with E-state index in [-0.39, 0.29) is 0 Å². The van der Waals surface area contributed by atoms with Crippen LogP contribution in [0.4, 0.5) is 0 Å². The van der Waals surface area contributed by atoms with E-state index in [1.54, 1.807) is 0 Å². The van der Waals surface area contributed by atoms with Gasteiger partial charge in [0.2, 0.25) is 0 Å². The Hall–Kier alpha value is -2.82. The van der Waals surface area contributed by atoms with Gasteiger partial charge in [-0.3, -0.25) is 9.59 Å². The molecule has 0 atom stereocenters. The molecule has 2 N–H and O–H groups in total. The molecule has 0 saturated heterocycles. The summed E-state index contributed by atoms with van der Waals surface area (Å²) in [5.41, 5.74) is 2.05. The summed E-state index contributed by atoms with van der Waals surface area (Å²) in [6.07, 6.45) is 4.73. The van der Waals surface area contributed by atoms with Crippen molar-refractivity contribution in [2.75, 3.05) is 6.54 Å². The van der Waals surface area contributed by atoms with Gasteiger partial charge >= 0.3 is 0 Å². The smallest absolute Gasteiger partial charge is 0.292 e. The SMILES string of the molecule is Cc1[nH]c2ccccc2c1C(=O)C(=O)NCCCn1cccc1. The number of carbonyl (C=O) groups excluding carboxylic acids is 2. The highest BCUT2D eigenvalue weighted by Gasteiger charge is 2.21. The van der Waals surface area contributed by atoms with E-state index in [4.69, 9.17) is 0 Å². The maximum absolute atomic E-state index is 12.4. The molecule has 0 bridgehead atoms. The van der Waals surface area contributed by atoms with Crippen molar-refractivity contribution >= 4 is 22.6 Å². The van der Waals surface area contributed by atoms with E-state index in [0.29, 0.717) is 12.1 Å². The monoisotopic (exact) mass is 309 g/mol. The first-order valence-corrected chi connectivity index (χ1v) is 7.67. The average Bonchev–Trinajstić information content (AvgIpc) is 3.17. The van der Waals surface area contributed by atoms with Crippen LogP contribution >= 0.6 is 0 Å². The number of fused-ring (bicyclic) bond motifs is 1. The molecule has 0 aliphatic rings. The van der Waals surface area contributed by atoms with Crippen LogP contribution in [0.15, 0.2) is 48.8 Å². The minimum absolute atomic E-state index is 0.462. The van der Waals surface area contributed by atoms with Crippen molar-refractivity contribution in [2.24, 2.45) is 0 Å². The second-order valence-corrected chi connectivity index (χ2v) is 5.53. The quantitative estimate of drug-likeness (QED) is 0.417. The van der Waals surface area contributed by atoms with Gasteiger partial charge in [-0.1, -0.05) is 18.2 Å². The predicted octanol–water partition coefficient (Wildman–Crippen LogP) is 2.67. The lowest BCUT2D eigenvalue weighted by Gasteiger charge is -2.06. The molecule has 0 aliphatic heterocycles. The maximum Gasteiger partial charge on any atom is 0.292 e. The summed E-state index contributed by atoms with van der Waals surface area (Å²) in [5.74, 6) is -1.04. The van der Waals surface area contributed by atoms with Crippen molar-refractivity contribution in [3.05, 3.63) is 60.0 Å². The number of carbonyl (C=O) groups is 2. The van der Waals surface area contributed by atoms with Crippen LogP contribution in [0, 0.1) is 6.92 Å². The van der Waals surface area contributed by atoms with E-state index < -0.39 is 11.7 Å². The van der Waals surface area contributed by atoms with Crippen molar-refractivity contribution in [3.8, 4) is 0 Å². The largest absolute Gasteiger partial charge is 0.358 e. The molecule has 3 rings (SSSR count). The molecule has 118 valence electrons. The molecule has 0 unspecified atom stereocenters. The van der Waals surface area contributed by atoms with Gasteiger partial charge in [0.1, 0.15) is 0 Å². The van der Waals surface area contributed by atoms with Gasteiger partial charge in [-0.05, 0) is 31.5 Å². The number of para-hydroxylation sites is 1. The normalized spacial score (nSPS) is 10.8. The summed E-state index contributed by atoms with van der Waals surface area (Å²) in [5, 5.41) is 3.50. The molecule has 2 aromatic heterocycles. The molecule has 23 heavy (non-hydrogen) atoms. The number of amides is 1. The number of rotatable bonds is 6. The minimum Gasteiger partial charge on any atom is -0.358 e. The first-order chi connectivity index (χ1) is 11.2. The Morgan fingerprint density at radius 1 is 1.13 bits per heavy atom. The maximum atomic E-state index is 12.4. The summed E-state index contributed by atoms with van der Waals surface area (Å²) >= 11 is 0. The number of H-pyrrole nitrogens is 1. The van der Waals surface area contributed by atoms with E-state index in [2.05, 4.69) is 10.3 Å². The number of nitrogens with one attached hydrogen (secondary N) is 2. The number of Topliss-reactive ketones (excluding diaryl/α,β-unsaturated/α-hetero) is 1. The van der Waals surface area contributed by atoms with Gasteiger partial charge in [0.05, 0.1) is 5.56 Å². The molecule has 5 heteroatoms. The minimum atomic E-state index is -0.551. The summed E-state index contributed by atoms with van der Waals surface area (Å²) in [4.78, 5) is 27.7. The lowest BCUT2D eigenvalue weighted by Crippen LogP contribution is -2.32. The number of aromatic amines is 1. The van der Waals surface area contributed by atoms with E-state index in [0.717, 1.165) is 29.6 Å². The van der Waals surface area contributed by atoms with Crippen molar-refractivity contribution in [1.29, 1.82) is 0 Å². The standard InChI is InChI=1S/C18H19N3O2/c1-13-16(14-7-2-3-8-15(14)20-13)17(22)18(23)19-9-6-12-21-10-4-5-11-21/h2-5,7-8,10-11,20H,6,9,12H2,1H3,(H,19,23). The van der Waals surface area contributed by atoms with Crippen LogP contribution in [0.5, 0.6) is 0 Å². The van der Waals surface area contributed by atoms with E-state index >= 15 is 0 Å². The van der Waals surface area contributed by atoms with Gasteiger partial charge in [0, 0.05) is 42.1 Å². The Labute approximate surface area is 134 Å². The fraction of sp³-hybridized carbons (Fsp3) is 0.222. The Balaban J connectivity index is 1.62. The number of hydrogen-bond donors (Lipinski definition) is 2. The van der Waals surface area contributed by atoms with Crippen LogP contribution in [0.3, 0.4) is 0 Å². The molecule has 5 nitrogen and oxygen atoms in total. The van der Waals surface area contributed by atoms with Crippen molar-refractivity contribution in [2.45, 2.75) is 19.9 Å². The summed E-state index contributed by atoms with van der Waals surface area (Å²) in [6, 6.07) is 11.4. The molecular weight excluding hydrogens is 290 g/mol. The van der Waals surface area contributed by atoms with E-state index in [1.807, 2.05) is 60.3 Å². The van der Waals surface area contributed by atoms with Crippen LogP contribution in [-0.4, -0.2) is 27.8 Å².